The van der Waals surface area contributed by atoms with Crippen molar-refractivity contribution in [2.45, 2.75) is 52.2 Å². The van der Waals surface area contributed by atoms with Gasteiger partial charge in [-0.05, 0) is 50.8 Å². The van der Waals surface area contributed by atoms with Crippen LogP contribution in [0.2, 0.25) is 0 Å². The Bertz CT molecular complexity index is 857. The zero-order valence-electron chi connectivity index (χ0n) is 16.0. The fraction of sp³-hybridized carbons (Fsp3) is 0.429. The van der Waals surface area contributed by atoms with Gasteiger partial charge in [-0.25, -0.2) is 0 Å². The molecule has 0 saturated carbocycles. The van der Waals surface area contributed by atoms with Gasteiger partial charge in [0.1, 0.15) is 0 Å². The SMILES string of the molecule is Cc1ccccc1C[C@H]1CN(C(C)(C)C)S(=O)(=O)N1Cc1ccccc1. The summed E-state index contributed by atoms with van der Waals surface area (Å²) in [5.74, 6) is 0. The van der Waals surface area contributed by atoms with Gasteiger partial charge in [0.15, 0.2) is 0 Å². The van der Waals surface area contributed by atoms with Crippen molar-refractivity contribution < 1.29 is 8.42 Å². The van der Waals surface area contributed by atoms with Crippen LogP contribution in [0.25, 0.3) is 0 Å². The molecule has 5 heteroatoms. The highest BCUT2D eigenvalue weighted by molar-refractivity contribution is 7.87. The average molecular weight is 373 g/mol. The third-order valence-electron chi connectivity index (χ3n) is 5.00. The lowest BCUT2D eigenvalue weighted by atomic mass is 10.00. The van der Waals surface area contributed by atoms with Gasteiger partial charge in [-0.1, -0.05) is 54.6 Å². The zero-order valence-corrected chi connectivity index (χ0v) is 16.8. The Morgan fingerprint density at radius 1 is 1.00 bits per heavy atom. The maximum absolute atomic E-state index is 13.3. The average Bonchev–Trinajstić information content (AvgIpc) is 2.82. The minimum Gasteiger partial charge on any atom is -0.195 e. The summed E-state index contributed by atoms with van der Waals surface area (Å²) >= 11 is 0. The largest absolute Gasteiger partial charge is 0.283 e. The van der Waals surface area contributed by atoms with E-state index in [0.717, 1.165) is 12.0 Å². The van der Waals surface area contributed by atoms with Gasteiger partial charge in [-0.3, -0.25) is 0 Å². The van der Waals surface area contributed by atoms with Crippen LogP contribution in [-0.4, -0.2) is 35.2 Å². The summed E-state index contributed by atoms with van der Waals surface area (Å²) in [4.78, 5) is 0. The maximum atomic E-state index is 13.3. The lowest BCUT2D eigenvalue weighted by Crippen LogP contribution is -2.44. The quantitative estimate of drug-likeness (QED) is 0.820. The van der Waals surface area contributed by atoms with Crippen LogP contribution in [0.4, 0.5) is 0 Å². The number of rotatable bonds is 4. The van der Waals surface area contributed by atoms with Crippen LogP contribution in [0.3, 0.4) is 0 Å². The van der Waals surface area contributed by atoms with Crippen molar-refractivity contribution in [3.8, 4) is 0 Å². The summed E-state index contributed by atoms with van der Waals surface area (Å²) in [6.45, 7) is 8.89. The molecular formula is C21H28N2O2S. The first-order valence-electron chi connectivity index (χ1n) is 9.07. The van der Waals surface area contributed by atoms with Gasteiger partial charge in [-0.2, -0.15) is 17.0 Å². The minimum absolute atomic E-state index is 0.0690. The first-order valence-corrected chi connectivity index (χ1v) is 10.5. The summed E-state index contributed by atoms with van der Waals surface area (Å²) in [7, 11) is -3.50. The number of benzene rings is 2. The molecule has 1 aliphatic heterocycles. The molecule has 1 fully saturated rings. The van der Waals surface area contributed by atoms with Crippen LogP contribution in [0.15, 0.2) is 54.6 Å². The summed E-state index contributed by atoms with van der Waals surface area (Å²) < 4.78 is 29.9. The smallest absolute Gasteiger partial charge is 0.195 e. The molecule has 1 saturated heterocycles. The second kappa shape index (κ2) is 7.14. The van der Waals surface area contributed by atoms with Crippen LogP contribution >= 0.6 is 0 Å². The van der Waals surface area contributed by atoms with Crippen molar-refractivity contribution in [1.82, 2.24) is 8.61 Å². The normalized spacial score (nSPS) is 21.2. The van der Waals surface area contributed by atoms with Crippen molar-refractivity contribution in [2.24, 2.45) is 0 Å². The van der Waals surface area contributed by atoms with Crippen molar-refractivity contribution >= 4 is 10.2 Å². The van der Waals surface area contributed by atoms with E-state index in [1.54, 1.807) is 8.61 Å². The zero-order chi connectivity index (χ0) is 18.9. The van der Waals surface area contributed by atoms with Crippen LogP contribution in [0.5, 0.6) is 0 Å². The molecule has 0 aromatic heterocycles. The molecule has 0 unspecified atom stereocenters. The third-order valence-corrected chi connectivity index (χ3v) is 7.28. The number of hydrogen-bond acceptors (Lipinski definition) is 2. The number of hydrogen-bond donors (Lipinski definition) is 0. The Morgan fingerprint density at radius 2 is 1.62 bits per heavy atom. The van der Waals surface area contributed by atoms with Gasteiger partial charge in [0.2, 0.25) is 0 Å². The Balaban J connectivity index is 1.95. The molecule has 0 bridgehead atoms. The van der Waals surface area contributed by atoms with E-state index in [1.165, 1.54) is 11.1 Å². The molecule has 3 rings (SSSR count). The summed E-state index contributed by atoms with van der Waals surface area (Å²) in [5, 5.41) is 0. The van der Waals surface area contributed by atoms with E-state index in [0.29, 0.717) is 13.1 Å². The van der Waals surface area contributed by atoms with Gasteiger partial charge in [0.25, 0.3) is 10.2 Å². The van der Waals surface area contributed by atoms with Gasteiger partial charge in [0, 0.05) is 24.7 Å². The van der Waals surface area contributed by atoms with E-state index in [4.69, 9.17) is 0 Å². The molecule has 26 heavy (non-hydrogen) atoms. The second-order valence-electron chi connectivity index (χ2n) is 8.02. The Morgan fingerprint density at radius 3 is 2.23 bits per heavy atom. The van der Waals surface area contributed by atoms with E-state index >= 15 is 0 Å². The minimum atomic E-state index is -3.50. The molecule has 2 aromatic carbocycles. The molecule has 1 aliphatic rings. The Labute approximate surface area is 157 Å². The van der Waals surface area contributed by atoms with Crippen molar-refractivity contribution in [3.63, 3.8) is 0 Å². The van der Waals surface area contributed by atoms with Crippen LogP contribution < -0.4 is 0 Å². The molecule has 2 aromatic rings. The monoisotopic (exact) mass is 372 g/mol. The predicted molar refractivity (Wildman–Crippen MR) is 106 cm³/mol. The number of aryl methyl sites for hydroxylation is 1. The molecule has 0 aliphatic carbocycles. The highest BCUT2D eigenvalue weighted by atomic mass is 32.2. The van der Waals surface area contributed by atoms with Crippen LogP contribution in [0, 0.1) is 6.92 Å². The van der Waals surface area contributed by atoms with E-state index in [-0.39, 0.29) is 6.04 Å². The highest BCUT2D eigenvalue weighted by Crippen LogP contribution is 2.33. The molecule has 0 amide bonds. The maximum Gasteiger partial charge on any atom is 0.283 e. The topological polar surface area (TPSA) is 40.6 Å². The number of nitrogens with zero attached hydrogens (tertiary/aromatic N) is 2. The lowest BCUT2D eigenvalue weighted by Gasteiger charge is -2.30. The van der Waals surface area contributed by atoms with Gasteiger partial charge >= 0.3 is 0 Å². The molecule has 1 heterocycles. The standard InChI is InChI=1S/C21H28N2O2S/c1-17-10-8-9-13-19(17)14-20-16-23(21(2,3)4)26(24,25)22(20)15-18-11-6-5-7-12-18/h5-13,20H,14-16H2,1-4H3/t20-/m0/s1. The molecule has 4 nitrogen and oxygen atoms in total. The van der Waals surface area contributed by atoms with Crippen LogP contribution in [-0.2, 0) is 23.2 Å². The molecule has 0 radical (unpaired) electrons. The second-order valence-corrected chi connectivity index (χ2v) is 9.83. The highest BCUT2D eigenvalue weighted by Gasteiger charge is 2.48. The van der Waals surface area contributed by atoms with Gasteiger partial charge in [-0.15, -0.1) is 0 Å². The molecular weight excluding hydrogens is 344 g/mol. The summed E-state index contributed by atoms with van der Waals surface area (Å²) in [5.41, 5.74) is 3.00. The van der Waals surface area contributed by atoms with E-state index in [1.807, 2.05) is 63.2 Å². The third kappa shape index (κ3) is 3.85. The molecule has 1 atom stereocenters. The van der Waals surface area contributed by atoms with E-state index in [9.17, 15) is 8.42 Å². The van der Waals surface area contributed by atoms with Crippen molar-refractivity contribution in [2.75, 3.05) is 6.54 Å². The lowest BCUT2D eigenvalue weighted by molar-refractivity contribution is 0.253. The first-order chi connectivity index (χ1) is 12.2. The summed E-state index contributed by atoms with van der Waals surface area (Å²) in [6.07, 6.45) is 0.727. The van der Waals surface area contributed by atoms with Gasteiger partial charge in [0.05, 0.1) is 0 Å². The fourth-order valence-electron chi connectivity index (χ4n) is 3.54. The Hall–Kier alpha value is -1.69. The Kier molecular flexibility index (Phi) is 5.24. The molecule has 140 valence electrons. The molecule has 0 N–H and O–H groups in total. The van der Waals surface area contributed by atoms with Gasteiger partial charge < -0.3 is 0 Å². The first kappa shape index (κ1) is 19.1. The van der Waals surface area contributed by atoms with Crippen LogP contribution in [0.1, 0.15) is 37.5 Å². The van der Waals surface area contributed by atoms with Crippen molar-refractivity contribution in [1.29, 1.82) is 0 Å². The summed E-state index contributed by atoms with van der Waals surface area (Å²) in [6, 6.07) is 18.0. The van der Waals surface area contributed by atoms with E-state index in [2.05, 4.69) is 19.1 Å². The van der Waals surface area contributed by atoms with E-state index < -0.39 is 15.7 Å². The predicted octanol–water partition coefficient (Wildman–Crippen LogP) is 3.77. The van der Waals surface area contributed by atoms with Crippen molar-refractivity contribution in [3.05, 3.63) is 71.3 Å². The fourth-order valence-corrected chi connectivity index (χ4v) is 5.68. The molecule has 0 spiro atoms.